The SMILES string of the molecule is Cc1cccc(CC(C)(C)CNC2CC2)c1. The summed E-state index contributed by atoms with van der Waals surface area (Å²) in [4.78, 5) is 0. The van der Waals surface area contributed by atoms with Gasteiger partial charge in [0.1, 0.15) is 0 Å². The molecule has 0 heterocycles. The maximum atomic E-state index is 3.63. The Balaban J connectivity index is 1.90. The fourth-order valence-corrected chi connectivity index (χ4v) is 2.15. The molecule has 1 N–H and O–H groups in total. The van der Waals surface area contributed by atoms with Gasteiger partial charge in [0.15, 0.2) is 0 Å². The van der Waals surface area contributed by atoms with E-state index < -0.39 is 0 Å². The third kappa shape index (κ3) is 3.64. The highest BCUT2D eigenvalue weighted by Crippen LogP contribution is 2.25. The Labute approximate surface area is 99.3 Å². The van der Waals surface area contributed by atoms with E-state index in [1.165, 1.54) is 24.0 Å². The van der Waals surface area contributed by atoms with E-state index in [2.05, 4.69) is 50.4 Å². The summed E-state index contributed by atoms with van der Waals surface area (Å²) in [5.74, 6) is 0. The minimum absolute atomic E-state index is 0.358. The highest BCUT2D eigenvalue weighted by atomic mass is 15.0. The summed E-state index contributed by atoms with van der Waals surface area (Å²) < 4.78 is 0. The van der Waals surface area contributed by atoms with Crippen molar-refractivity contribution in [2.75, 3.05) is 6.54 Å². The predicted molar refractivity (Wildman–Crippen MR) is 69.7 cm³/mol. The Morgan fingerprint density at radius 1 is 1.31 bits per heavy atom. The first-order chi connectivity index (χ1) is 7.55. The summed E-state index contributed by atoms with van der Waals surface area (Å²) >= 11 is 0. The van der Waals surface area contributed by atoms with Gasteiger partial charge in [-0.25, -0.2) is 0 Å². The van der Waals surface area contributed by atoms with Crippen molar-refractivity contribution >= 4 is 0 Å². The van der Waals surface area contributed by atoms with Gasteiger partial charge in [0.25, 0.3) is 0 Å². The van der Waals surface area contributed by atoms with E-state index in [0.717, 1.165) is 19.0 Å². The summed E-state index contributed by atoms with van der Waals surface area (Å²) in [6, 6.07) is 9.69. The van der Waals surface area contributed by atoms with Crippen molar-refractivity contribution in [2.45, 2.75) is 46.1 Å². The van der Waals surface area contributed by atoms with E-state index in [4.69, 9.17) is 0 Å². The molecule has 0 unspecified atom stereocenters. The fourth-order valence-electron chi connectivity index (χ4n) is 2.15. The highest BCUT2D eigenvalue weighted by Gasteiger charge is 2.25. The average molecular weight is 217 g/mol. The van der Waals surface area contributed by atoms with Crippen molar-refractivity contribution < 1.29 is 0 Å². The number of hydrogen-bond acceptors (Lipinski definition) is 1. The molecule has 1 fully saturated rings. The van der Waals surface area contributed by atoms with E-state index in [1.807, 2.05) is 0 Å². The number of nitrogens with one attached hydrogen (secondary N) is 1. The number of aryl methyl sites for hydroxylation is 1. The average Bonchev–Trinajstić information content (AvgIpc) is 2.97. The summed E-state index contributed by atoms with van der Waals surface area (Å²) in [5.41, 5.74) is 3.18. The Hall–Kier alpha value is -0.820. The lowest BCUT2D eigenvalue weighted by Gasteiger charge is -2.25. The van der Waals surface area contributed by atoms with Gasteiger partial charge in [-0.3, -0.25) is 0 Å². The maximum Gasteiger partial charge on any atom is 0.00684 e. The van der Waals surface area contributed by atoms with Crippen molar-refractivity contribution in [3.63, 3.8) is 0 Å². The van der Waals surface area contributed by atoms with Crippen LogP contribution in [0, 0.1) is 12.3 Å². The normalized spacial score (nSPS) is 16.4. The van der Waals surface area contributed by atoms with E-state index in [9.17, 15) is 0 Å². The van der Waals surface area contributed by atoms with E-state index in [1.54, 1.807) is 0 Å². The van der Waals surface area contributed by atoms with Gasteiger partial charge in [-0.05, 0) is 37.2 Å². The molecule has 0 bridgehead atoms. The van der Waals surface area contributed by atoms with Crippen molar-refractivity contribution in [2.24, 2.45) is 5.41 Å². The molecule has 1 aliphatic carbocycles. The molecule has 1 aromatic rings. The molecule has 1 nitrogen and oxygen atoms in total. The molecule has 16 heavy (non-hydrogen) atoms. The zero-order chi connectivity index (χ0) is 11.6. The summed E-state index contributed by atoms with van der Waals surface area (Å²) in [6.07, 6.45) is 3.91. The summed E-state index contributed by atoms with van der Waals surface area (Å²) in [6.45, 7) is 8.00. The zero-order valence-electron chi connectivity index (χ0n) is 10.7. The number of benzene rings is 1. The molecule has 1 aromatic carbocycles. The van der Waals surface area contributed by atoms with Gasteiger partial charge in [-0.1, -0.05) is 43.7 Å². The fraction of sp³-hybridized carbons (Fsp3) is 0.600. The molecule has 0 saturated heterocycles. The molecule has 0 aliphatic heterocycles. The van der Waals surface area contributed by atoms with Crippen LogP contribution in [0.4, 0.5) is 0 Å². The van der Waals surface area contributed by atoms with Gasteiger partial charge in [0.2, 0.25) is 0 Å². The van der Waals surface area contributed by atoms with Gasteiger partial charge < -0.3 is 5.32 Å². The Kier molecular flexibility index (Phi) is 3.34. The first-order valence-corrected chi connectivity index (χ1v) is 6.34. The van der Waals surface area contributed by atoms with Crippen LogP contribution in [0.1, 0.15) is 37.8 Å². The minimum atomic E-state index is 0.358. The monoisotopic (exact) mass is 217 g/mol. The first kappa shape index (κ1) is 11.7. The second-order valence-corrected chi connectivity index (χ2v) is 5.99. The molecule has 2 rings (SSSR count). The lowest BCUT2D eigenvalue weighted by Crippen LogP contribution is -2.32. The molecular formula is C15H23N. The van der Waals surface area contributed by atoms with Gasteiger partial charge in [0, 0.05) is 12.6 Å². The van der Waals surface area contributed by atoms with Gasteiger partial charge in [0.05, 0.1) is 0 Å². The van der Waals surface area contributed by atoms with Crippen LogP contribution in [0.3, 0.4) is 0 Å². The maximum absolute atomic E-state index is 3.63. The molecule has 0 amide bonds. The van der Waals surface area contributed by atoms with Gasteiger partial charge in [-0.15, -0.1) is 0 Å². The standard InChI is InChI=1S/C15H23N/c1-12-5-4-6-13(9-12)10-15(2,3)11-16-14-7-8-14/h4-6,9,14,16H,7-8,10-11H2,1-3H3. The molecule has 0 aromatic heterocycles. The van der Waals surface area contributed by atoms with Gasteiger partial charge in [-0.2, -0.15) is 0 Å². The van der Waals surface area contributed by atoms with Crippen molar-refractivity contribution in [3.05, 3.63) is 35.4 Å². The molecule has 0 spiro atoms. The molecule has 1 heteroatoms. The topological polar surface area (TPSA) is 12.0 Å². The first-order valence-electron chi connectivity index (χ1n) is 6.34. The Morgan fingerprint density at radius 3 is 2.69 bits per heavy atom. The van der Waals surface area contributed by atoms with Crippen LogP contribution < -0.4 is 5.32 Å². The molecule has 0 atom stereocenters. The lowest BCUT2D eigenvalue weighted by atomic mass is 9.85. The van der Waals surface area contributed by atoms with Crippen LogP contribution in [0.5, 0.6) is 0 Å². The lowest BCUT2D eigenvalue weighted by molar-refractivity contribution is 0.337. The van der Waals surface area contributed by atoms with E-state index in [0.29, 0.717) is 5.41 Å². The van der Waals surface area contributed by atoms with E-state index in [-0.39, 0.29) is 0 Å². The second kappa shape index (κ2) is 4.58. The van der Waals surface area contributed by atoms with Crippen LogP contribution in [0.25, 0.3) is 0 Å². The largest absolute Gasteiger partial charge is 0.313 e. The Morgan fingerprint density at radius 2 is 2.06 bits per heavy atom. The second-order valence-electron chi connectivity index (χ2n) is 5.99. The van der Waals surface area contributed by atoms with Crippen LogP contribution in [0.15, 0.2) is 24.3 Å². The van der Waals surface area contributed by atoms with Crippen LogP contribution >= 0.6 is 0 Å². The van der Waals surface area contributed by atoms with Crippen LogP contribution in [-0.4, -0.2) is 12.6 Å². The smallest absolute Gasteiger partial charge is 0.00684 e. The summed E-state index contributed by atoms with van der Waals surface area (Å²) in [7, 11) is 0. The van der Waals surface area contributed by atoms with Gasteiger partial charge >= 0.3 is 0 Å². The quantitative estimate of drug-likeness (QED) is 0.798. The minimum Gasteiger partial charge on any atom is -0.313 e. The van der Waals surface area contributed by atoms with Crippen LogP contribution in [0.2, 0.25) is 0 Å². The van der Waals surface area contributed by atoms with Crippen molar-refractivity contribution in [1.82, 2.24) is 5.32 Å². The zero-order valence-corrected chi connectivity index (χ0v) is 10.7. The van der Waals surface area contributed by atoms with Crippen molar-refractivity contribution in [3.8, 4) is 0 Å². The summed E-state index contributed by atoms with van der Waals surface area (Å²) in [5, 5.41) is 3.63. The molecule has 1 aliphatic rings. The Bertz CT molecular complexity index is 350. The number of rotatable bonds is 5. The van der Waals surface area contributed by atoms with Crippen molar-refractivity contribution in [1.29, 1.82) is 0 Å². The number of hydrogen-bond donors (Lipinski definition) is 1. The third-order valence-corrected chi connectivity index (χ3v) is 3.21. The highest BCUT2D eigenvalue weighted by molar-refractivity contribution is 5.23. The molecule has 1 saturated carbocycles. The van der Waals surface area contributed by atoms with E-state index >= 15 is 0 Å². The molecule has 88 valence electrons. The molecule has 0 radical (unpaired) electrons. The van der Waals surface area contributed by atoms with Crippen LogP contribution in [-0.2, 0) is 6.42 Å². The predicted octanol–water partition coefficient (Wildman–Crippen LogP) is 3.32. The third-order valence-electron chi connectivity index (χ3n) is 3.21. The molecular weight excluding hydrogens is 194 g/mol.